The highest BCUT2D eigenvalue weighted by molar-refractivity contribution is 6.12. The topological polar surface area (TPSA) is 112 Å². The normalized spacial score (nSPS) is 16.1. The average Bonchev–Trinajstić information content (AvgIpc) is 3.40. The van der Waals surface area contributed by atoms with Gasteiger partial charge in [0.05, 0.1) is 11.1 Å². The molecule has 0 atom stereocenters. The second-order valence-electron chi connectivity index (χ2n) is 12.0. The lowest BCUT2D eigenvalue weighted by Gasteiger charge is -2.34. The van der Waals surface area contributed by atoms with Crippen molar-refractivity contribution >= 4 is 40.1 Å². The standard InChI is InChI=1S/C34H38F2N6O4/c1-3-27-22(16-21-17-23(35)19-24(36)18-21)4-7-30-31(27)32(39-42(30)34(44)45)38-33(43)28-6-5-26(41-12-10-40(2)11-13-41)20-29(28)37-25-8-14-46-15-9-25/h4-7,17-20,25,37H,3,8-16H2,1-2H3,(H,44,45)(H,38,39,43). The van der Waals surface area contributed by atoms with Crippen molar-refractivity contribution in [1.82, 2.24) is 14.7 Å². The zero-order valence-corrected chi connectivity index (χ0v) is 26.0. The summed E-state index contributed by atoms with van der Waals surface area (Å²) in [5.74, 6) is -1.68. The summed E-state index contributed by atoms with van der Waals surface area (Å²) in [6.45, 7) is 6.83. The highest BCUT2D eigenvalue weighted by Crippen LogP contribution is 2.33. The third kappa shape index (κ3) is 6.68. The largest absolute Gasteiger partial charge is 0.463 e. The van der Waals surface area contributed by atoms with Crippen LogP contribution in [0.2, 0.25) is 0 Å². The molecule has 1 aromatic heterocycles. The van der Waals surface area contributed by atoms with Crippen LogP contribution in [0.1, 0.15) is 46.8 Å². The molecule has 0 bridgehead atoms. The number of fused-ring (bicyclic) bond motifs is 1. The lowest BCUT2D eigenvalue weighted by molar-refractivity contribution is 0.0904. The fourth-order valence-electron chi connectivity index (χ4n) is 6.41. The Morgan fingerprint density at radius 2 is 1.72 bits per heavy atom. The van der Waals surface area contributed by atoms with Crippen molar-refractivity contribution in [3.63, 3.8) is 0 Å². The molecule has 0 spiro atoms. The first kappa shape index (κ1) is 31.4. The van der Waals surface area contributed by atoms with Crippen LogP contribution in [0.15, 0.2) is 48.5 Å². The Balaban J connectivity index is 1.37. The van der Waals surface area contributed by atoms with Crippen LogP contribution in [0.25, 0.3) is 10.9 Å². The average molecular weight is 633 g/mol. The Kier molecular flexibility index (Phi) is 9.18. The summed E-state index contributed by atoms with van der Waals surface area (Å²) in [5, 5.41) is 21.2. The number of amides is 1. The fraction of sp³-hybridized carbons (Fsp3) is 0.382. The van der Waals surface area contributed by atoms with Gasteiger partial charge in [0.25, 0.3) is 5.91 Å². The van der Waals surface area contributed by atoms with Gasteiger partial charge in [-0.3, -0.25) is 4.79 Å². The van der Waals surface area contributed by atoms with Crippen LogP contribution in [-0.4, -0.2) is 84.3 Å². The van der Waals surface area contributed by atoms with Gasteiger partial charge < -0.3 is 30.3 Å². The molecular weight excluding hydrogens is 594 g/mol. The molecular formula is C34H38F2N6O4. The second kappa shape index (κ2) is 13.4. The number of likely N-dealkylation sites (N-methyl/N-ethyl adjacent to an activating group) is 1. The number of benzene rings is 3. The first-order chi connectivity index (χ1) is 22.2. The molecule has 2 saturated heterocycles. The molecule has 0 radical (unpaired) electrons. The van der Waals surface area contributed by atoms with Crippen LogP contribution in [0.3, 0.4) is 0 Å². The Morgan fingerprint density at radius 3 is 2.39 bits per heavy atom. The van der Waals surface area contributed by atoms with Gasteiger partial charge in [0, 0.05) is 68.3 Å². The number of aromatic nitrogens is 2. The van der Waals surface area contributed by atoms with E-state index in [1.54, 1.807) is 18.2 Å². The zero-order valence-electron chi connectivity index (χ0n) is 26.0. The Labute approximate surface area is 265 Å². The fourth-order valence-corrected chi connectivity index (χ4v) is 6.41. The first-order valence-electron chi connectivity index (χ1n) is 15.6. The number of ether oxygens (including phenoxy) is 1. The number of piperazine rings is 1. The van der Waals surface area contributed by atoms with Gasteiger partial charge in [0.2, 0.25) is 0 Å². The van der Waals surface area contributed by atoms with Gasteiger partial charge in [-0.2, -0.15) is 4.68 Å². The summed E-state index contributed by atoms with van der Waals surface area (Å²) >= 11 is 0. The maximum Gasteiger partial charge on any atom is 0.432 e. The molecule has 2 fully saturated rings. The molecule has 1 amide bonds. The molecule has 10 nitrogen and oxygen atoms in total. The predicted molar refractivity (Wildman–Crippen MR) is 173 cm³/mol. The lowest BCUT2D eigenvalue weighted by atomic mass is 9.95. The summed E-state index contributed by atoms with van der Waals surface area (Å²) in [5.41, 5.74) is 4.34. The number of carboxylic acid groups (broad SMARTS) is 1. The third-order valence-electron chi connectivity index (χ3n) is 8.83. The number of hydrogen-bond acceptors (Lipinski definition) is 7. The molecule has 3 N–H and O–H groups in total. The van der Waals surface area contributed by atoms with Crippen molar-refractivity contribution in [2.75, 3.05) is 62.0 Å². The summed E-state index contributed by atoms with van der Waals surface area (Å²) in [6, 6.07) is 12.6. The van der Waals surface area contributed by atoms with Crippen molar-refractivity contribution in [3.8, 4) is 0 Å². The number of halogens is 2. The van der Waals surface area contributed by atoms with E-state index < -0.39 is 23.6 Å². The molecule has 3 aromatic carbocycles. The van der Waals surface area contributed by atoms with E-state index in [0.29, 0.717) is 47.4 Å². The number of hydrogen-bond donors (Lipinski definition) is 3. The number of anilines is 3. The van der Waals surface area contributed by atoms with Crippen LogP contribution in [0, 0.1) is 11.6 Å². The molecule has 242 valence electrons. The molecule has 3 heterocycles. The Bertz CT molecular complexity index is 1740. The molecule has 2 aliphatic rings. The van der Waals surface area contributed by atoms with Crippen molar-refractivity contribution in [1.29, 1.82) is 0 Å². The molecule has 0 unspecified atom stereocenters. The zero-order chi connectivity index (χ0) is 32.4. The first-order valence-corrected chi connectivity index (χ1v) is 15.6. The maximum absolute atomic E-state index is 14.0. The summed E-state index contributed by atoms with van der Waals surface area (Å²) in [4.78, 5) is 30.8. The van der Waals surface area contributed by atoms with Gasteiger partial charge in [0.1, 0.15) is 11.6 Å². The highest BCUT2D eigenvalue weighted by Gasteiger charge is 2.25. The van der Waals surface area contributed by atoms with E-state index in [4.69, 9.17) is 4.74 Å². The van der Waals surface area contributed by atoms with Crippen LogP contribution < -0.4 is 15.5 Å². The summed E-state index contributed by atoms with van der Waals surface area (Å²) in [7, 11) is 2.10. The predicted octanol–water partition coefficient (Wildman–Crippen LogP) is 5.59. The van der Waals surface area contributed by atoms with E-state index in [2.05, 4.69) is 32.6 Å². The molecule has 12 heteroatoms. The monoisotopic (exact) mass is 632 g/mol. The van der Waals surface area contributed by atoms with Gasteiger partial charge in [-0.25, -0.2) is 13.6 Å². The second-order valence-corrected chi connectivity index (χ2v) is 12.0. The molecule has 0 saturated carbocycles. The Hall–Kier alpha value is -4.55. The van der Waals surface area contributed by atoms with E-state index in [-0.39, 0.29) is 18.3 Å². The smallest absolute Gasteiger partial charge is 0.432 e. The van der Waals surface area contributed by atoms with Gasteiger partial charge in [-0.05, 0) is 85.8 Å². The number of carbonyl (C=O) groups is 2. The molecule has 0 aliphatic carbocycles. The van der Waals surface area contributed by atoms with Gasteiger partial charge >= 0.3 is 6.09 Å². The Morgan fingerprint density at radius 1 is 1.00 bits per heavy atom. The minimum Gasteiger partial charge on any atom is -0.463 e. The highest BCUT2D eigenvalue weighted by atomic mass is 19.1. The number of rotatable bonds is 8. The minimum atomic E-state index is -1.30. The molecule has 6 rings (SSSR count). The van der Waals surface area contributed by atoms with Gasteiger partial charge in [-0.1, -0.05) is 13.0 Å². The number of nitrogens with one attached hydrogen (secondary N) is 2. The van der Waals surface area contributed by atoms with E-state index in [0.717, 1.165) is 66.6 Å². The van der Waals surface area contributed by atoms with Crippen LogP contribution in [-0.2, 0) is 17.6 Å². The summed E-state index contributed by atoms with van der Waals surface area (Å²) in [6.07, 6.45) is 1.00. The number of nitrogens with zero attached hydrogens (tertiary/aromatic N) is 4. The molecule has 46 heavy (non-hydrogen) atoms. The number of aryl methyl sites for hydroxylation is 1. The van der Waals surface area contributed by atoms with E-state index >= 15 is 0 Å². The van der Waals surface area contributed by atoms with Crippen molar-refractivity contribution in [2.24, 2.45) is 0 Å². The van der Waals surface area contributed by atoms with Crippen LogP contribution >= 0.6 is 0 Å². The summed E-state index contributed by atoms with van der Waals surface area (Å²) < 4.78 is 34.3. The minimum absolute atomic E-state index is 0.103. The van der Waals surface area contributed by atoms with E-state index in [1.165, 1.54) is 12.1 Å². The van der Waals surface area contributed by atoms with Gasteiger partial charge in [0.15, 0.2) is 5.82 Å². The third-order valence-corrected chi connectivity index (χ3v) is 8.83. The number of carbonyl (C=O) groups excluding carboxylic acids is 1. The van der Waals surface area contributed by atoms with E-state index in [9.17, 15) is 23.5 Å². The molecule has 4 aromatic rings. The maximum atomic E-state index is 14.0. The van der Waals surface area contributed by atoms with Crippen LogP contribution in [0.4, 0.5) is 30.8 Å². The van der Waals surface area contributed by atoms with Crippen molar-refractivity contribution in [3.05, 3.63) is 82.4 Å². The van der Waals surface area contributed by atoms with Crippen molar-refractivity contribution in [2.45, 2.75) is 38.6 Å². The molecule has 2 aliphatic heterocycles. The quantitative estimate of drug-likeness (QED) is 0.231. The van der Waals surface area contributed by atoms with Gasteiger partial charge in [-0.15, -0.1) is 5.10 Å². The SMILES string of the molecule is CCc1c(Cc2cc(F)cc(F)c2)ccc2c1c(NC(=O)c1ccc(N3CCN(C)CC3)cc1NC1CCOCC1)nn2C(=O)O. The van der Waals surface area contributed by atoms with Crippen LogP contribution in [0.5, 0.6) is 0 Å². The van der Waals surface area contributed by atoms with Crippen molar-refractivity contribution < 1.29 is 28.2 Å². The lowest BCUT2D eigenvalue weighted by Crippen LogP contribution is -2.44. The van der Waals surface area contributed by atoms with E-state index in [1.807, 2.05) is 19.1 Å².